The molecule has 2 N–H and O–H groups in total. The Hall–Kier alpha value is -2.08. The van der Waals surface area contributed by atoms with Crippen molar-refractivity contribution in [1.29, 1.82) is 0 Å². The van der Waals surface area contributed by atoms with Crippen LogP contribution in [0.3, 0.4) is 0 Å². The van der Waals surface area contributed by atoms with Crippen molar-refractivity contribution in [2.45, 2.75) is 51.7 Å². The van der Waals surface area contributed by atoms with Crippen molar-refractivity contribution >= 4 is 11.9 Å². The SMILES string of the molecule is CCN1CCCC1CNC(=NC)NCc1ccccc1CN1CCCC1=O. The van der Waals surface area contributed by atoms with Crippen LogP contribution in [-0.4, -0.2) is 60.9 Å². The first-order valence-corrected chi connectivity index (χ1v) is 10.2. The monoisotopic (exact) mass is 371 g/mol. The Morgan fingerprint density at radius 2 is 2.00 bits per heavy atom. The Balaban J connectivity index is 1.53. The van der Waals surface area contributed by atoms with E-state index in [0.29, 0.717) is 25.6 Å². The third-order valence-electron chi connectivity index (χ3n) is 5.73. The fraction of sp³-hybridized carbons (Fsp3) is 0.619. The highest BCUT2D eigenvalue weighted by Crippen LogP contribution is 2.17. The Morgan fingerprint density at radius 1 is 1.19 bits per heavy atom. The van der Waals surface area contributed by atoms with Crippen LogP contribution in [0.2, 0.25) is 0 Å². The van der Waals surface area contributed by atoms with E-state index in [1.807, 2.05) is 18.0 Å². The fourth-order valence-corrected chi connectivity index (χ4v) is 4.12. The van der Waals surface area contributed by atoms with Crippen LogP contribution in [0.15, 0.2) is 29.3 Å². The van der Waals surface area contributed by atoms with Crippen LogP contribution in [0.25, 0.3) is 0 Å². The van der Waals surface area contributed by atoms with E-state index in [1.165, 1.54) is 30.5 Å². The Labute approximate surface area is 163 Å². The topological polar surface area (TPSA) is 60.0 Å². The first-order chi connectivity index (χ1) is 13.2. The molecule has 1 aromatic carbocycles. The molecule has 2 saturated heterocycles. The number of amides is 1. The molecular formula is C21H33N5O. The molecule has 0 aromatic heterocycles. The maximum absolute atomic E-state index is 11.9. The standard InChI is InChI=1S/C21H33N5O/c1-3-25-12-6-10-19(25)15-24-21(22-2)23-14-17-8-4-5-9-18(17)16-26-13-7-11-20(26)27/h4-5,8-9,19H,3,6-7,10-16H2,1-2H3,(H2,22,23,24). The Kier molecular flexibility index (Phi) is 7.10. The van der Waals surface area contributed by atoms with Crippen LogP contribution in [0.1, 0.15) is 43.7 Å². The molecule has 0 spiro atoms. The van der Waals surface area contributed by atoms with Crippen LogP contribution >= 0.6 is 0 Å². The van der Waals surface area contributed by atoms with E-state index < -0.39 is 0 Å². The number of hydrogen-bond acceptors (Lipinski definition) is 3. The summed E-state index contributed by atoms with van der Waals surface area (Å²) in [6, 6.07) is 8.95. The first kappa shape index (κ1) is 19.7. The quantitative estimate of drug-likeness (QED) is 0.568. The highest BCUT2D eigenvalue weighted by Gasteiger charge is 2.23. The van der Waals surface area contributed by atoms with Crippen molar-refractivity contribution < 1.29 is 4.79 Å². The summed E-state index contributed by atoms with van der Waals surface area (Å²) in [5.74, 6) is 1.11. The molecule has 2 aliphatic heterocycles. The summed E-state index contributed by atoms with van der Waals surface area (Å²) in [6.45, 7) is 7.76. The lowest BCUT2D eigenvalue weighted by atomic mass is 10.1. The number of likely N-dealkylation sites (N-methyl/N-ethyl adjacent to an activating group) is 1. The van der Waals surface area contributed by atoms with Gasteiger partial charge < -0.3 is 15.5 Å². The second kappa shape index (κ2) is 9.74. The minimum Gasteiger partial charge on any atom is -0.355 e. The summed E-state index contributed by atoms with van der Waals surface area (Å²) >= 11 is 0. The lowest BCUT2D eigenvalue weighted by Crippen LogP contribution is -2.44. The van der Waals surface area contributed by atoms with Gasteiger partial charge >= 0.3 is 0 Å². The van der Waals surface area contributed by atoms with Gasteiger partial charge in [-0.15, -0.1) is 0 Å². The lowest BCUT2D eigenvalue weighted by molar-refractivity contribution is -0.128. The molecule has 148 valence electrons. The van der Waals surface area contributed by atoms with Gasteiger partial charge in [0.05, 0.1) is 0 Å². The highest BCUT2D eigenvalue weighted by molar-refractivity contribution is 5.79. The van der Waals surface area contributed by atoms with E-state index in [1.54, 1.807) is 0 Å². The summed E-state index contributed by atoms with van der Waals surface area (Å²) in [5, 5.41) is 6.91. The number of hydrogen-bond donors (Lipinski definition) is 2. The zero-order valence-corrected chi connectivity index (χ0v) is 16.7. The third kappa shape index (κ3) is 5.22. The number of carbonyl (C=O) groups excluding carboxylic acids is 1. The van der Waals surface area contributed by atoms with Crippen LogP contribution in [0.5, 0.6) is 0 Å². The highest BCUT2D eigenvalue weighted by atomic mass is 16.2. The smallest absolute Gasteiger partial charge is 0.222 e. The van der Waals surface area contributed by atoms with Crippen molar-refractivity contribution in [2.24, 2.45) is 4.99 Å². The van der Waals surface area contributed by atoms with Gasteiger partial charge in [-0.2, -0.15) is 0 Å². The summed E-state index contributed by atoms with van der Waals surface area (Å²) in [4.78, 5) is 20.8. The Morgan fingerprint density at radius 3 is 2.70 bits per heavy atom. The largest absolute Gasteiger partial charge is 0.355 e. The number of likely N-dealkylation sites (tertiary alicyclic amines) is 2. The lowest BCUT2D eigenvalue weighted by Gasteiger charge is -2.24. The minimum atomic E-state index is 0.271. The van der Waals surface area contributed by atoms with Crippen molar-refractivity contribution in [3.8, 4) is 0 Å². The molecular weight excluding hydrogens is 338 g/mol. The average molecular weight is 372 g/mol. The molecule has 27 heavy (non-hydrogen) atoms. The summed E-state index contributed by atoms with van der Waals surface area (Å²) < 4.78 is 0. The summed E-state index contributed by atoms with van der Waals surface area (Å²) in [5.41, 5.74) is 2.43. The number of guanidine groups is 1. The third-order valence-corrected chi connectivity index (χ3v) is 5.73. The molecule has 0 saturated carbocycles. The zero-order valence-electron chi connectivity index (χ0n) is 16.7. The van der Waals surface area contributed by atoms with E-state index in [9.17, 15) is 4.79 Å². The normalized spacial score (nSPS) is 21.1. The summed E-state index contributed by atoms with van der Waals surface area (Å²) in [7, 11) is 1.82. The molecule has 1 unspecified atom stereocenters. The molecule has 2 aliphatic rings. The van der Waals surface area contributed by atoms with Gasteiger partial charge in [-0.1, -0.05) is 31.2 Å². The predicted molar refractivity (Wildman–Crippen MR) is 110 cm³/mol. The van der Waals surface area contributed by atoms with E-state index >= 15 is 0 Å². The van der Waals surface area contributed by atoms with Crippen LogP contribution in [0, 0.1) is 0 Å². The zero-order chi connectivity index (χ0) is 19.1. The number of rotatable bonds is 7. The van der Waals surface area contributed by atoms with Gasteiger partial charge in [0.25, 0.3) is 0 Å². The molecule has 1 atom stereocenters. The molecule has 6 heteroatoms. The van der Waals surface area contributed by atoms with Gasteiger partial charge in [0.2, 0.25) is 5.91 Å². The second-order valence-electron chi connectivity index (χ2n) is 7.42. The van der Waals surface area contributed by atoms with Crippen molar-refractivity contribution in [3.63, 3.8) is 0 Å². The average Bonchev–Trinajstić information content (AvgIpc) is 3.31. The van der Waals surface area contributed by atoms with Gasteiger partial charge in [-0.25, -0.2) is 0 Å². The molecule has 0 bridgehead atoms. The number of aliphatic imine (C=N–C) groups is 1. The maximum atomic E-state index is 11.9. The van der Waals surface area contributed by atoms with Crippen LogP contribution < -0.4 is 10.6 Å². The van der Waals surface area contributed by atoms with Crippen molar-refractivity contribution in [2.75, 3.05) is 33.2 Å². The van der Waals surface area contributed by atoms with Crippen molar-refractivity contribution in [3.05, 3.63) is 35.4 Å². The van der Waals surface area contributed by atoms with Gasteiger partial charge in [-0.3, -0.25) is 14.7 Å². The van der Waals surface area contributed by atoms with E-state index in [0.717, 1.165) is 32.0 Å². The molecule has 1 amide bonds. The van der Waals surface area contributed by atoms with E-state index in [2.05, 4.69) is 45.6 Å². The molecule has 0 aliphatic carbocycles. The molecule has 1 aromatic rings. The fourth-order valence-electron chi connectivity index (χ4n) is 4.12. The predicted octanol–water partition coefficient (Wildman–Crippen LogP) is 1.96. The molecule has 2 heterocycles. The molecule has 3 rings (SSSR count). The van der Waals surface area contributed by atoms with Crippen LogP contribution in [0.4, 0.5) is 0 Å². The number of nitrogens with zero attached hydrogens (tertiary/aromatic N) is 3. The molecule has 6 nitrogen and oxygen atoms in total. The number of nitrogens with one attached hydrogen (secondary N) is 2. The second-order valence-corrected chi connectivity index (χ2v) is 7.42. The van der Waals surface area contributed by atoms with Gasteiger partial charge in [-0.05, 0) is 43.5 Å². The van der Waals surface area contributed by atoms with E-state index in [-0.39, 0.29) is 5.91 Å². The number of carbonyl (C=O) groups is 1. The van der Waals surface area contributed by atoms with Crippen LogP contribution in [-0.2, 0) is 17.9 Å². The summed E-state index contributed by atoms with van der Waals surface area (Å²) in [6.07, 6.45) is 4.21. The van der Waals surface area contributed by atoms with Gasteiger partial charge in [0.15, 0.2) is 5.96 Å². The molecule has 0 radical (unpaired) electrons. The van der Waals surface area contributed by atoms with Gasteiger partial charge in [0.1, 0.15) is 0 Å². The maximum Gasteiger partial charge on any atom is 0.222 e. The van der Waals surface area contributed by atoms with Crippen molar-refractivity contribution in [1.82, 2.24) is 20.4 Å². The minimum absolute atomic E-state index is 0.271. The van der Waals surface area contributed by atoms with E-state index in [4.69, 9.17) is 0 Å². The number of benzene rings is 1. The Bertz CT molecular complexity index is 660. The first-order valence-electron chi connectivity index (χ1n) is 10.2. The van der Waals surface area contributed by atoms with Gasteiger partial charge in [0, 0.05) is 45.7 Å². The molecule has 2 fully saturated rings.